The summed E-state index contributed by atoms with van der Waals surface area (Å²) in [4.78, 5) is 53.1. The molecule has 0 aliphatic heterocycles. The number of nitrogens with zero attached hydrogens (tertiary/aromatic N) is 1. The Hall–Kier alpha value is -2.66. The summed E-state index contributed by atoms with van der Waals surface area (Å²) in [7, 11) is 0. The van der Waals surface area contributed by atoms with Crippen LogP contribution in [0.25, 0.3) is 0 Å². The number of rotatable bonds is 10. The smallest absolute Gasteiger partial charge is 0.306 e. The molecule has 0 saturated heterocycles. The Labute approximate surface area is 226 Å². The van der Waals surface area contributed by atoms with Crippen LogP contribution in [0.4, 0.5) is 4.39 Å². The lowest BCUT2D eigenvalue weighted by molar-refractivity contribution is -0.757. The maximum Gasteiger partial charge on any atom is 0.306 e. The number of fused-ring (bicyclic) bond motifs is 5. The molecule has 0 amide bonds. The maximum atomic E-state index is 17.4. The quantitative estimate of drug-likeness (QED) is 0.180. The maximum absolute atomic E-state index is 17.4. The highest BCUT2D eigenvalue weighted by Gasteiger charge is 2.77. The standard InChI is InChI=1S/C28H38FNO9/c1-17-13-21-20-9-8-18-14-19(32)10-11-25(18,2)27(20,29)22(33)15-26(21,3)28(17,23(34)16-31)39-24(35)7-5-4-6-12-38-30(36)37/h10-11,14,17,20-22,31,33H,4-9,12-13,15-16H2,1-3H3/t17-,20?,21?,22-,25-,26-,27-,28-/m0/s1. The fourth-order valence-electron chi connectivity index (χ4n) is 8.43. The zero-order valence-electron chi connectivity index (χ0n) is 22.7. The third-order valence-electron chi connectivity index (χ3n) is 10.2. The van der Waals surface area contributed by atoms with Crippen molar-refractivity contribution in [2.24, 2.45) is 28.6 Å². The molecule has 0 heterocycles. The van der Waals surface area contributed by atoms with Crippen LogP contribution in [0.3, 0.4) is 0 Å². The fourth-order valence-corrected chi connectivity index (χ4v) is 8.43. The Kier molecular flexibility index (Phi) is 7.81. The lowest BCUT2D eigenvalue weighted by Gasteiger charge is -2.62. The van der Waals surface area contributed by atoms with Gasteiger partial charge >= 0.3 is 5.97 Å². The molecular formula is C28H38FNO9. The Morgan fingerprint density at radius 3 is 2.62 bits per heavy atom. The van der Waals surface area contributed by atoms with Gasteiger partial charge in [0.1, 0.15) is 6.61 Å². The van der Waals surface area contributed by atoms with Gasteiger partial charge in [-0.25, -0.2) is 4.39 Å². The molecule has 4 rings (SSSR count). The lowest BCUT2D eigenvalue weighted by Crippen LogP contribution is -2.70. The Balaban J connectivity index is 1.61. The van der Waals surface area contributed by atoms with E-state index < -0.39 is 69.4 Å². The zero-order chi connectivity index (χ0) is 28.8. The first-order chi connectivity index (χ1) is 18.3. The molecule has 11 heteroatoms. The van der Waals surface area contributed by atoms with E-state index in [1.165, 1.54) is 12.2 Å². The number of carbonyl (C=O) groups is 3. The molecule has 0 aromatic heterocycles. The Morgan fingerprint density at radius 2 is 1.95 bits per heavy atom. The van der Waals surface area contributed by atoms with Crippen molar-refractivity contribution in [1.29, 1.82) is 0 Å². The van der Waals surface area contributed by atoms with E-state index in [1.807, 2.05) is 0 Å². The molecule has 2 N–H and O–H groups in total. The molecule has 3 saturated carbocycles. The van der Waals surface area contributed by atoms with Crippen LogP contribution in [0, 0.1) is 38.7 Å². The average molecular weight is 552 g/mol. The number of aliphatic hydroxyl groups excluding tert-OH is 2. The summed E-state index contributed by atoms with van der Waals surface area (Å²) in [6.45, 7) is 4.28. The first kappa shape index (κ1) is 29.3. The van der Waals surface area contributed by atoms with Crippen LogP contribution in [0.1, 0.15) is 72.1 Å². The van der Waals surface area contributed by atoms with Crippen LogP contribution >= 0.6 is 0 Å². The largest absolute Gasteiger partial charge is 0.450 e. The van der Waals surface area contributed by atoms with Gasteiger partial charge in [-0.05, 0) is 63.5 Å². The monoisotopic (exact) mass is 551 g/mol. The number of allylic oxidation sites excluding steroid dienone is 4. The van der Waals surface area contributed by atoms with E-state index in [-0.39, 0.29) is 25.2 Å². The Morgan fingerprint density at radius 1 is 1.23 bits per heavy atom. The van der Waals surface area contributed by atoms with Crippen molar-refractivity contribution in [1.82, 2.24) is 0 Å². The molecule has 0 radical (unpaired) electrons. The van der Waals surface area contributed by atoms with E-state index in [4.69, 9.17) is 4.74 Å². The van der Waals surface area contributed by atoms with Gasteiger partial charge in [0.25, 0.3) is 5.09 Å². The number of unbranched alkanes of at least 4 members (excludes halogenated alkanes) is 2. The highest BCUT2D eigenvalue weighted by Crippen LogP contribution is 2.71. The second kappa shape index (κ2) is 10.4. The van der Waals surface area contributed by atoms with Crippen LogP contribution < -0.4 is 0 Å². The number of carbonyl (C=O) groups excluding carboxylic acids is 3. The number of aliphatic hydroxyl groups is 2. The summed E-state index contributed by atoms with van der Waals surface area (Å²) in [6.07, 6.45) is 5.05. The topological polar surface area (TPSA) is 153 Å². The number of alkyl halides is 1. The van der Waals surface area contributed by atoms with Gasteiger partial charge in [-0.1, -0.05) is 31.9 Å². The van der Waals surface area contributed by atoms with Gasteiger partial charge in [-0.2, -0.15) is 0 Å². The highest BCUT2D eigenvalue weighted by molar-refractivity contribution is 6.01. The Bertz CT molecular complexity index is 1110. The van der Waals surface area contributed by atoms with Gasteiger partial charge in [0, 0.05) is 29.1 Å². The molecule has 39 heavy (non-hydrogen) atoms. The minimum atomic E-state index is -2.09. The van der Waals surface area contributed by atoms with Gasteiger partial charge in [0.05, 0.1) is 12.7 Å². The number of halogens is 1. The first-order valence-electron chi connectivity index (χ1n) is 13.7. The van der Waals surface area contributed by atoms with E-state index in [0.717, 1.165) is 0 Å². The molecule has 0 aromatic rings. The minimum absolute atomic E-state index is 0.0452. The predicted octanol–water partition coefficient (Wildman–Crippen LogP) is 3.22. The van der Waals surface area contributed by atoms with E-state index in [0.29, 0.717) is 44.1 Å². The predicted molar refractivity (Wildman–Crippen MR) is 135 cm³/mol. The van der Waals surface area contributed by atoms with Crippen LogP contribution in [0.2, 0.25) is 0 Å². The summed E-state index contributed by atoms with van der Waals surface area (Å²) >= 11 is 0. The van der Waals surface area contributed by atoms with Crippen molar-refractivity contribution in [2.45, 2.75) is 89.5 Å². The second-order valence-electron chi connectivity index (χ2n) is 12.1. The van der Waals surface area contributed by atoms with E-state index in [1.54, 1.807) is 26.8 Å². The van der Waals surface area contributed by atoms with Gasteiger partial charge in [0.15, 0.2) is 17.1 Å². The van der Waals surface area contributed by atoms with Crippen molar-refractivity contribution >= 4 is 17.5 Å². The van der Waals surface area contributed by atoms with Crippen molar-refractivity contribution in [3.05, 3.63) is 33.9 Å². The SMILES string of the molecule is C[C@H]1CC2C3CCC4=CC(=O)C=C[C@]4(C)[C@@]3(F)[C@@H](O)C[C@]2(C)[C@@]1(OC(=O)CCCCCO[N+](=O)[O-])C(=O)CO. The molecule has 2 unspecified atom stereocenters. The van der Waals surface area contributed by atoms with Gasteiger partial charge < -0.3 is 19.8 Å². The van der Waals surface area contributed by atoms with Gasteiger partial charge in [-0.15, -0.1) is 10.1 Å². The molecule has 0 aromatic carbocycles. The second-order valence-corrected chi connectivity index (χ2v) is 12.1. The normalized spacial score (nSPS) is 40.7. The summed E-state index contributed by atoms with van der Waals surface area (Å²) in [6, 6.07) is 0. The van der Waals surface area contributed by atoms with E-state index in [2.05, 4.69) is 4.84 Å². The number of esters is 1. The summed E-state index contributed by atoms with van der Waals surface area (Å²) < 4.78 is 23.4. The summed E-state index contributed by atoms with van der Waals surface area (Å²) in [5.41, 5.74) is -5.50. The molecule has 0 bridgehead atoms. The molecule has 4 aliphatic rings. The van der Waals surface area contributed by atoms with Crippen LogP contribution in [-0.4, -0.2) is 63.4 Å². The average Bonchev–Trinajstić information content (AvgIpc) is 3.08. The fraction of sp³-hybridized carbons (Fsp3) is 0.750. The number of hydrogen-bond donors (Lipinski definition) is 2. The molecular weight excluding hydrogens is 513 g/mol. The third kappa shape index (κ3) is 4.32. The van der Waals surface area contributed by atoms with E-state index in [9.17, 15) is 34.7 Å². The molecule has 0 spiro atoms. The van der Waals surface area contributed by atoms with Crippen molar-refractivity contribution in [3.8, 4) is 0 Å². The van der Waals surface area contributed by atoms with Crippen LogP contribution in [0.5, 0.6) is 0 Å². The van der Waals surface area contributed by atoms with E-state index >= 15 is 4.39 Å². The lowest BCUT2D eigenvalue weighted by atomic mass is 9.44. The molecule has 8 atom stereocenters. The number of Topliss-reactive ketones (excluding diaryl/α,β-unsaturated/α-hetero) is 1. The summed E-state index contributed by atoms with van der Waals surface area (Å²) in [5.74, 6) is -3.15. The number of hydrogen-bond acceptors (Lipinski definition) is 9. The van der Waals surface area contributed by atoms with Gasteiger partial charge in [0.2, 0.25) is 5.78 Å². The minimum Gasteiger partial charge on any atom is -0.450 e. The van der Waals surface area contributed by atoms with Crippen molar-refractivity contribution in [3.63, 3.8) is 0 Å². The van der Waals surface area contributed by atoms with Crippen molar-refractivity contribution < 1.29 is 43.6 Å². The zero-order valence-corrected chi connectivity index (χ0v) is 22.7. The molecule has 4 aliphatic carbocycles. The number of ketones is 2. The number of ether oxygens (including phenoxy) is 1. The highest BCUT2D eigenvalue weighted by atomic mass is 19.1. The van der Waals surface area contributed by atoms with Crippen LogP contribution in [-0.2, 0) is 24.0 Å². The molecule has 216 valence electrons. The van der Waals surface area contributed by atoms with Crippen LogP contribution in [0.15, 0.2) is 23.8 Å². The van der Waals surface area contributed by atoms with Gasteiger partial charge in [-0.3, -0.25) is 14.4 Å². The summed E-state index contributed by atoms with van der Waals surface area (Å²) in [5, 5.41) is 30.9. The van der Waals surface area contributed by atoms with Crippen molar-refractivity contribution in [2.75, 3.05) is 13.2 Å². The molecule has 10 nitrogen and oxygen atoms in total. The first-order valence-corrected chi connectivity index (χ1v) is 13.7. The third-order valence-corrected chi connectivity index (χ3v) is 10.2. The molecule has 3 fully saturated rings.